The highest BCUT2D eigenvalue weighted by Crippen LogP contribution is 2.27. The van der Waals surface area contributed by atoms with Crippen molar-refractivity contribution in [3.63, 3.8) is 0 Å². The maximum atomic E-state index is 12.1. The molecule has 0 saturated carbocycles. The van der Waals surface area contributed by atoms with Crippen molar-refractivity contribution in [1.29, 1.82) is 0 Å². The number of halogens is 1. The Morgan fingerprint density at radius 2 is 2.00 bits per heavy atom. The molecule has 1 N–H and O–H groups in total. The van der Waals surface area contributed by atoms with Crippen molar-refractivity contribution < 1.29 is 8.42 Å². The molecule has 94 valence electrons. The first-order valence-corrected chi connectivity index (χ1v) is 7.05. The molecule has 0 saturated heterocycles. The lowest BCUT2D eigenvalue weighted by atomic mass is 10.2. The van der Waals surface area contributed by atoms with Crippen molar-refractivity contribution in [2.75, 3.05) is 4.72 Å². The molecule has 2 aromatic rings. The smallest absolute Gasteiger partial charge is 0.263 e. The van der Waals surface area contributed by atoms with Gasteiger partial charge in [0.2, 0.25) is 0 Å². The van der Waals surface area contributed by atoms with Crippen LogP contribution in [0.4, 0.5) is 5.69 Å². The Hall–Kier alpha value is -1.59. The van der Waals surface area contributed by atoms with E-state index in [0.717, 1.165) is 5.56 Å². The molecule has 6 heteroatoms. The van der Waals surface area contributed by atoms with Crippen molar-refractivity contribution in [1.82, 2.24) is 4.98 Å². The van der Waals surface area contributed by atoms with Crippen LogP contribution >= 0.6 is 11.6 Å². The SMILES string of the molecule is Cc1cccc(Cl)c1NS(=O)(=O)c1cccnc1. The number of nitrogens with zero attached hydrogens (tertiary/aromatic N) is 1. The first kappa shape index (κ1) is 12.9. The molecule has 0 spiro atoms. The van der Waals surface area contributed by atoms with Gasteiger partial charge in [0.25, 0.3) is 10.0 Å². The molecule has 1 aromatic heterocycles. The third-order valence-electron chi connectivity index (χ3n) is 2.40. The van der Waals surface area contributed by atoms with Gasteiger partial charge in [-0.25, -0.2) is 8.42 Å². The summed E-state index contributed by atoms with van der Waals surface area (Å²) in [5.74, 6) is 0. The lowest BCUT2D eigenvalue weighted by molar-refractivity contribution is 0.601. The predicted molar refractivity (Wildman–Crippen MR) is 71.2 cm³/mol. The van der Waals surface area contributed by atoms with Crippen molar-refractivity contribution in [2.45, 2.75) is 11.8 Å². The number of rotatable bonds is 3. The van der Waals surface area contributed by atoms with E-state index in [4.69, 9.17) is 11.6 Å². The van der Waals surface area contributed by atoms with Crippen molar-refractivity contribution in [3.05, 3.63) is 53.3 Å². The maximum absolute atomic E-state index is 12.1. The van der Waals surface area contributed by atoms with E-state index in [1.165, 1.54) is 18.5 Å². The number of aromatic nitrogens is 1. The van der Waals surface area contributed by atoms with E-state index in [0.29, 0.717) is 10.7 Å². The minimum atomic E-state index is -3.66. The minimum Gasteiger partial charge on any atom is -0.278 e. The number of para-hydroxylation sites is 1. The second kappa shape index (κ2) is 4.96. The molecule has 1 aromatic carbocycles. The Morgan fingerprint density at radius 1 is 1.22 bits per heavy atom. The molecule has 1 heterocycles. The zero-order valence-electron chi connectivity index (χ0n) is 9.59. The number of hydrogen-bond acceptors (Lipinski definition) is 3. The van der Waals surface area contributed by atoms with Crippen LogP contribution in [0.2, 0.25) is 5.02 Å². The van der Waals surface area contributed by atoms with Crippen molar-refractivity contribution in [2.24, 2.45) is 0 Å². The van der Waals surface area contributed by atoms with Gasteiger partial charge in [0.1, 0.15) is 4.90 Å². The van der Waals surface area contributed by atoms with Crippen molar-refractivity contribution in [3.8, 4) is 0 Å². The van der Waals surface area contributed by atoms with E-state index in [-0.39, 0.29) is 4.90 Å². The van der Waals surface area contributed by atoms with E-state index in [1.54, 1.807) is 31.2 Å². The standard InChI is InChI=1S/C12H11ClN2O2S/c1-9-4-2-6-11(13)12(9)15-18(16,17)10-5-3-7-14-8-10/h2-8,15H,1H3. The Bertz CT molecular complexity index is 637. The van der Waals surface area contributed by atoms with Gasteiger partial charge in [0.15, 0.2) is 0 Å². The van der Waals surface area contributed by atoms with Crippen LogP contribution in [0.5, 0.6) is 0 Å². The third-order valence-corrected chi connectivity index (χ3v) is 4.05. The molecule has 0 aliphatic rings. The average Bonchev–Trinajstić information content (AvgIpc) is 2.35. The topological polar surface area (TPSA) is 59.1 Å². The van der Waals surface area contributed by atoms with Gasteiger partial charge in [0.05, 0.1) is 10.7 Å². The van der Waals surface area contributed by atoms with Gasteiger partial charge in [-0.15, -0.1) is 0 Å². The summed E-state index contributed by atoms with van der Waals surface area (Å²) in [6.07, 6.45) is 2.80. The first-order chi connectivity index (χ1) is 8.50. The number of nitrogens with one attached hydrogen (secondary N) is 1. The van der Waals surface area contributed by atoms with E-state index in [1.807, 2.05) is 0 Å². The Morgan fingerprint density at radius 3 is 2.61 bits per heavy atom. The summed E-state index contributed by atoms with van der Waals surface area (Å²) in [6.45, 7) is 1.78. The zero-order chi connectivity index (χ0) is 13.2. The van der Waals surface area contributed by atoms with Crippen LogP contribution in [-0.4, -0.2) is 13.4 Å². The molecule has 4 nitrogen and oxygen atoms in total. The highest BCUT2D eigenvalue weighted by atomic mass is 35.5. The van der Waals surface area contributed by atoms with Gasteiger partial charge >= 0.3 is 0 Å². The lowest BCUT2D eigenvalue weighted by Gasteiger charge is -2.11. The summed E-state index contributed by atoms with van der Waals surface area (Å²) in [7, 11) is -3.66. The molecular weight excluding hydrogens is 272 g/mol. The fourth-order valence-corrected chi connectivity index (χ4v) is 2.90. The predicted octanol–water partition coefficient (Wildman–Crippen LogP) is 2.84. The second-order valence-electron chi connectivity index (χ2n) is 3.73. The largest absolute Gasteiger partial charge is 0.278 e. The zero-order valence-corrected chi connectivity index (χ0v) is 11.2. The van der Waals surface area contributed by atoms with Crippen LogP contribution in [0, 0.1) is 6.92 Å². The van der Waals surface area contributed by atoms with Gasteiger partial charge in [-0.2, -0.15) is 0 Å². The van der Waals surface area contributed by atoms with Gasteiger partial charge < -0.3 is 0 Å². The summed E-state index contributed by atoms with van der Waals surface area (Å²) < 4.78 is 26.7. The molecule has 0 bridgehead atoms. The molecular formula is C12H11ClN2O2S. The molecule has 2 rings (SSSR count). The number of benzene rings is 1. The number of pyridine rings is 1. The molecule has 0 fully saturated rings. The highest BCUT2D eigenvalue weighted by molar-refractivity contribution is 7.92. The third kappa shape index (κ3) is 2.63. The van der Waals surface area contributed by atoms with E-state index in [9.17, 15) is 8.42 Å². The summed E-state index contributed by atoms with van der Waals surface area (Å²) in [5.41, 5.74) is 1.15. The summed E-state index contributed by atoms with van der Waals surface area (Å²) in [6, 6.07) is 8.22. The number of sulfonamides is 1. The molecule has 0 aliphatic carbocycles. The van der Waals surface area contributed by atoms with Gasteiger partial charge in [-0.1, -0.05) is 23.7 Å². The van der Waals surface area contributed by atoms with Crippen LogP contribution in [0.1, 0.15) is 5.56 Å². The molecule has 0 amide bonds. The molecule has 0 unspecified atom stereocenters. The maximum Gasteiger partial charge on any atom is 0.263 e. The van der Waals surface area contributed by atoms with Gasteiger partial charge in [-0.3, -0.25) is 9.71 Å². The fraction of sp³-hybridized carbons (Fsp3) is 0.0833. The normalized spacial score (nSPS) is 11.2. The van der Waals surface area contributed by atoms with E-state index in [2.05, 4.69) is 9.71 Å². The fourth-order valence-electron chi connectivity index (χ4n) is 1.46. The van der Waals surface area contributed by atoms with E-state index < -0.39 is 10.0 Å². The van der Waals surface area contributed by atoms with Crippen LogP contribution in [0.25, 0.3) is 0 Å². The Labute approximate surface area is 111 Å². The van der Waals surface area contributed by atoms with Crippen LogP contribution in [-0.2, 0) is 10.0 Å². The molecule has 0 aliphatic heterocycles. The van der Waals surface area contributed by atoms with Crippen LogP contribution < -0.4 is 4.72 Å². The highest BCUT2D eigenvalue weighted by Gasteiger charge is 2.16. The quantitative estimate of drug-likeness (QED) is 0.942. The van der Waals surface area contributed by atoms with Gasteiger partial charge in [-0.05, 0) is 30.7 Å². The Balaban J connectivity index is 2.41. The number of aryl methyl sites for hydroxylation is 1. The van der Waals surface area contributed by atoms with E-state index >= 15 is 0 Å². The summed E-state index contributed by atoms with van der Waals surface area (Å²) in [4.78, 5) is 3.89. The number of anilines is 1. The second-order valence-corrected chi connectivity index (χ2v) is 5.82. The molecule has 0 atom stereocenters. The average molecular weight is 283 g/mol. The van der Waals surface area contributed by atoms with Gasteiger partial charge in [0, 0.05) is 12.4 Å². The summed E-state index contributed by atoms with van der Waals surface area (Å²) in [5, 5.41) is 0.363. The van der Waals surface area contributed by atoms with Crippen LogP contribution in [0.3, 0.4) is 0 Å². The first-order valence-electron chi connectivity index (χ1n) is 5.18. The van der Waals surface area contributed by atoms with Crippen molar-refractivity contribution >= 4 is 27.3 Å². The monoisotopic (exact) mass is 282 g/mol. The Kier molecular flexibility index (Phi) is 3.54. The number of hydrogen-bond donors (Lipinski definition) is 1. The van der Waals surface area contributed by atoms with Crippen LogP contribution in [0.15, 0.2) is 47.6 Å². The minimum absolute atomic E-state index is 0.101. The lowest BCUT2D eigenvalue weighted by Crippen LogP contribution is -2.14. The summed E-state index contributed by atoms with van der Waals surface area (Å²) >= 11 is 5.98. The molecule has 0 radical (unpaired) electrons. The molecule has 18 heavy (non-hydrogen) atoms.